The standard InChI is InChI=1S/C18H25NO2/c1-19-8-7-18-11-13(20)4-6-15(18)17(19)9-12-3-5-14(21-2)10-16(12)18/h3,5,10,13,15,17,20H,4,6-9,11H2,1-2H3/t13-,15-,17-,18+/m1/s1. The molecule has 3 nitrogen and oxygen atoms in total. The molecule has 4 atom stereocenters. The molecular formula is C18H25NO2. The van der Waals surface area contributed by atoms with Crippen LogP contribution in [0.15, 0.2) is 18.2 Å². The van der Waals surface area contributed by atoms with Crippen LogP contribution < -0.4 is 4.74 Å². The Bertz CT molecular complexity index is 558. The Morgan fingerprint density at radius 3 is 3.00 bits per heavy atom. The average Bonchev–Trinajstić information content (AvgIpc) is 2.50. The number of aliphatic hydroxyl groups is 1. The topological polar surface area (TPSA) is 32.7 Å². The zero-order chi connectivity index (χ0) is 14.6. The number of rotatable bonds is 1. The number of fused-ring (bicyclic) bond motifs is 1. The van der Waals surface area contributed by atoms with Gasteiger partial charge in [0, 0.05) is 11.5 Å². The molecule has 0 spiro atoms. The van der Waals surface area contributed by atoms with Crippen LogP contribution in [-0.4, -0.2) is 42.9 Å². The molecule has 1 saturated heterocycles. The molecule has 1 aliphatic heterocycles. The van der Waals surface area contributed by atoms with Crippen molar-refractivity contribution in [2.24, 2.45) is 5.92 Å². The molecule has 2 bridgehead atoms. The summed E-state index contributed by atoms with van der Waals surface area (Å²) in [4.78, 5) is 2.55. The number of hydrogen-bond acceptors (Lipinski definition) is 3. The highest BCUT2D eigenvalue weighted by Gasteiger charge is 2.54. The first kappa shape index (κ1) is 13.6. The third-order valence-corrected chi connectivity index (χ3v) is 6.34. The van der Waals surface area contributed by atoms with Crippen LogP contribution in [0.5, 0.6) is 5.75 Å². The zero-order valence-corrected chi connectivity index (χ0v) is 13.0. The summed E-state index contributed by atoms with van der Waals surface area (Å²) in [6, 6.07) is 7.23. The van der Waals surface area contributed by atoms with E-state index in [1.54, 1.807) is 7.11 Å². The van der Waals surface area contributed by atoms with Crippen molar-refractivity contribution >= 4 is 0 Å². The molecule has 1 saturated carbocycles. The minimum Gasteiger partial charge on any atom is -0.497 e. The Morgan fingerprint density at radius 2 is 2.19 bits per heavy atom. The van der Waals surface area contributed by atoms with Crippen molar-refractivity contribution in [2.75, 3.05) is 20.7 Å². The van der Waals surface area contributed by atoms with E-state index in [2.05, 4.69) is 30.1 Å². The number of methoxy groups -OCH3 is 1. The van der Waals surface area contributed by atoms with Gasteiger partial charge in [-0.2, -0.15) is 0 Å². The highest BCUT2D eigenvalue weighted by atomic mass is 16.5. The maximum Gasteiger partial charge on any atom is 0.119 e. The second-order valence-electron chi connectivity index (χ2n) is 7.22. The van der Waals surface area contributed by atoms with Crippen molar-refractivity contribution in [1.29, 1.82) is 0 Å². The average molecular weight is 287 g/mol. The van der Waals surface area contributed by atoms with Gasteiger partial charge in [0.1, 0.15) is 5.75 Å². The van der Waals surface area contributed by atoms with Crippen LogP contribution in [0, 0.1) is 5.92 Å². The summed E-state index contributed by atoms with van der Waals surface area (Å²) in [5.74, 6) is 1.65. The van der Waals surface area contributed by atoms with E-state index in [9.17, 15) is 5.11 Å². The van der Waals surface area contributed by atoms with Gasteiger partial charge in [-0.25, -0.2) is 0 Å². The number of likely N-dealkylation sites (N-methyl/N-ethyl adjacent to an activating group) is 1. The maximum atomic E-state index is 10.3. The molecule has 3 aliphatic rings. The lowest BCUT2D eigenvalue weighted by atomic mass is 9.52. The quantitative estimate of drug-likeness (QED) is 0.860. The van der Waals surface area contributed by atoms with Gasteiger partial charge in [-0.05, 0) is 74.9 Å². The summed E-state index contributed by atoms with van der Waals surface area (Å²) in [5.41, 5.74) is 3.12. The fourth-order valence-electron chi connectivity index (χ4n) is 5.31. The molecule has 0 amide bonds. The molecule has 2 aliphatic carbocycles. The predicted molar refractivity (Wildman–Crippen MR) is 82.8 cm³/mol. The van der Waals surface area contributed by atoms with E-state index >= 15 is 0 Å². The number of likely N-dealkylation sites (tertiary alicyclic amines) is 1. The normalized spacial score (nSPS) is 38.5. The van der Waals surface area contributed by atoms with Gasteiger partial charge in [-0.1, -0.05) is 6.07 Å². The molecular weight excluding hydrogens is 262 g/mol. The van der Waals surface area contributed by atoms with Crippen molar-refractivity contribution in [2.45, 2.75) is 49.7 Å². The van der Waals surface area contributed by atoms with Gasteiger partial charge in [0.15, 0.2) is 0 Å². The van der Waals surface area contributed by atoms with Gasteiger partial charge in [-0.15, -0.1) is 0 Å². The highest BCUT2D eigenvalue weighted by molar-refractivity contribution is 5.45. The fraction of sp³-hybridized carbons (Fsp3) is 0.667. The van der Waals surface area contributed by atoms with E-state index < -0.39 is 0 Å². The van der Waals surface area contributed by atoms with Gasteiger partial charge >= 0.3 is 0 Å². The van der Waals surface area contributed by atoms with Crippen molar-refractivity contribution in [1.82, 2.24) is 4.90 Å². The third-order valence-electron chi connectivity index (χ3n) is 6.34. The van der Waals surface area contributed by atoms with Gasteiger partial charge in [0.05, 0.1) is 13.2 Å². The number of benzene rings is 1. The van der Waals surface area contributed by atoms with Crippen molar-refractivity contribution in [3.05, 3.63) is 29.3 Å². The lowest BCUT2D eigenvalue weighted by Gasteiger charge is -2.59. The molecule has 1 heterocycles. The zero-order valence-electron chi connectivity index (χ0n) is 13.0. The van der Waals surface area contributed by atoms with E-state index in [-0.39, 0.29) is 11.5 Å². The SMILES string of the molecule is COc1ccc2c(c1)[C@]13CCN(C)[C@H](C2)[C@H]1CC[C@@H](O)C3. The molecule has 4 rings (SSSR count). The molecule has 0 radical (unpaired) electrons. The van der Waals surface area contributed by atoms with Crippen LogP contribution in [0.1, 0.15) is 36.8 Å². The molecule has 21 heavy (non-hydrogen) atoms. The third kappa shape index (κ3) is 1.87. The minimum atomic E-state index is -0.137. The largest absolute Gasteiger partial charge is 0.497 e. The molecule has 1 N–H and O–H groups in total. The summed E-state index contributed by atoms with van der Waals surface area (Å²) in [5, 5.41) is 10.3. The number of piperidine rings is 1. The molecule has 2 fully saturated rings. The first-order valence-electron chi connectivity index (χ1n) is 8.20. The van der Waals surface area contributed by atoms with E-state index in [0.717, 1.165) is 38.0 Å². The summed E-state index contributed by atoms with van der Waals surface area (Å²) >= 11 is 0. The maximum absolute atomic E-state index is 10.3. The molecule has 114 valence electrons. The van der Waals surface area contributed by atoms with Gasteiger partial charge < -0.3 is 14.7 Å². The lowest BCUT2D eigenvalue weighted by Crippen LogP contribution is -2.61. The van der Waals surface area contributed by atoms with Crippen LogP contribution >= 0.6 is 0 Å². The van der Waals surface area contributed by atoms with Crippen molar-refractivity contribution < 1.29 is 9.84 Å². The molecule has 1 aromatic rings. The number of nitrogens with zero attached hydrogens (tertiary/aromatic N) is 1. The van der Waals surface area contributed by atoms with E-state index in [4.69, 9.17) is 4.74 Å². The molecule has 1 aromatic carbocycles. The molecule has 3 heteroatoms. The van der Waals surface area contributed by atoms with Crippen molar-refractivity contribution in [3.63, 3.8) is 0 Å². The van der Waals surface area contributed by atoms with Crippen molar-refractivity contribution in [3.8, 4) is 5.75 Å². The van der Waals surface area contributed by atoms with Gasteiger partial charge in [-0.3, -0.25) is 0 Å². The monoisotopic (exact) mass is 287 g/mol. The summed E-state index contributed by atoms with van der Waals surface area (Å²) < 4.78 is 5.47. The first-order valence-corrected chi connectivity index (χ1v) is 8.20. The highest BCUT2D eigenvalue weighted by Crippen LogP contribution is 2.55. The molecule has 0 aromatic heterocycles. The van der Waals surface area contributed by atoms with E-state index in [1.807, 2.05) is 0 Å². The minimum absolute atomic E-state index is 0.137. The van der Waals surface area contributed by atoms with Crippen LogP contribution in [0.25, 0.3) is 0 Å². The Kier molecular flexibility index (Phi) is 3.05. The van der Waals surface area contributed by atoms with E-state index in [0.29, 0.717) is 12.0 Å². The second kappa shape index (κ2) is 4.72. The first-order chi connectivity index (χ1) is 10.1. The fourth-order valence-corrected chi connectivity index (χ4v) is 5.31. The smallest absolute Gasteiger partial charge is 0.119 e. The van der Waals surface area contributed by atoms with Crippen LogP contribution in [0.4, 0.5) is 0 Å². The summed E-state index contributed by atoms with van der Waals surface area (Å²) in [7, 11) is 4.01. The van der Waals surface area contributed by atoms with Crippen LogP contribution in [0.3, 0.4) is 0 Å². The molecule has 0 unspecified atom stereocenters. The van der Waals surface area contributed by atoms with E-state index in [1.165, 1.54) is 17.5 Å². The lowest BCUT2D eigenvalue weighted by molar-refractivity contribution is -0.0393. The summed E-state index contributed by atoms with van der Waals surface area (Å²) in [6.45, 7) is 1.14. The summed E-state index contributed by atoms with van der Waals surface area (Å²) in [6.07, 6.45) is 5.24. The van der Waals surface area contributed by atoms with Crippen LogP contribution in [-0.2, 0) is 11.8 Å². The Hall–Kier alpha value is -1.06. The Balaban J connectivity index is 1.88. The predicted octanol–water partition coefficient (Wildman–Crippen LogP) is 2.35. The van der Waals surface area contributed by atoms with Crippen LogP contribution in [0.2, 0.25) is 0 Å². The van der Waals surface area contributed by atoms with Gasteiger partial charge in [0.2, 0.25) is 0 Å². The number of ether oxygens (including phenoxy) is 1. The second-order valence-corrected chi connectivity index (χ2v) is 7.22. The Morgan fingerprint density at radius 1 is 1.33 bits per heavy atom. The number of aliphatic hydroxyl groups excluding tert-OH is 1. The Labute approximate surface area is 126 Å². The van der Waals surface area contributed by atoms with Gasteiger partial charge in [0.25, 0.3) is 0 Å². The number of hydrogen-bond donors (Lipinski definition) is 1.